The second kappa shape index (κ2) is 5.01. The zero-order valence-electron chi connectivity index (χ0n) is 10.7. The summed E-state index contributed by atoms with van der Waals surface area (Å²) in [5, 5.41) is 18.6. The maximum absolute atomic E-state index is 11.7. The first kappa shape index (κ1) is 13.5. The van der Waals surface area contributed by atoms with E-state index >= 15 is 0 Å². The topological polar surface area (TPSA) is 77.8 Å². The third-order valence-electron chi connectivity index (χ3n) is 3.88. The molecule has 0 aromatic heterocycles. The van der Waals surface area contributed by atoms with Crippen LogP contribution in [-0.4, -0.2) is 40.6 Å². The molecule has 0 aliphatic carbocycles. The first-order valence-electron chi connectivity index (χ1n) is 6.18. The van der Waals surface area contributed by atoms with Crippen LogP contribution in [0, 0.1) is 5.41 Å². The molecule has 1 aliphatic rings. The number of carboxylic acids is 2. The lowest BCUT2D eigenvalue weighted by atomic mass is 9.74. The van der Waals surface area contributed by atoms with Crippen LogP contribution in [0.25, 0.3) is 0 Å². The Bertz CT molecular complexity index is 487. The molecule has 102 valence electrons. The number of hydrogen-bond donors (Lipinski definition) is 2. The third kappa shape index (κ3) is 2.33. The van der Waals surface area contributed by atoms with Crippen molar-refractivity contribution in [1.29, 1.82) is 0 Å². The summed E-state index contributed by atoms with van der Waals surface area (Å²) >= 11 is 0. The van der Waals surface area contributed by atoms with Crippen molar-refractivity contribution in [3.63, 3.8) is 0 Å². The molecule has 1 aromatic carbocycles. The maximum Gasteiger partial charge on any atom is 0.312 e. The molecule has 19 heavy (non-hydrogen) atoms. The molecule has 0 saturated carbocycles. The fraction of sp³-hybridized carbons (Fsp3) is 0.429. The van der Waals surface area contributed by atoms with Crippen LogP contribution in [0.3, 0.4) is 0 Å². The minimum Gasteiger partial charge on any atom is -0.481 e. The van der Waals surface area contributed by atoms with E-state index in [1.165, 1.54) is 0 Å². The predicted octanol–water partition coefficient (Wildman–Crippen LogP) is 1.61. The van der Waals surface area contributed by atoms with Crippen LogP contribution >= 0.6 is 0 Å². The molecule has 1 aliphatic heterocycles. The minimum absolute atomic E-state index is 0.352. The van der Waals surface area contributed by atoms with Gasteiger partial charge in [-0.05, 0) is 25.6 Å². The van der Waals surface area contributed by atoms with Crippen LogP contribution in [0.1, 0.15) is 24.4 Å². The number of aliphatic carboxylic acids is 2. The molecule has 1 aromatic rings. The van der Waals surface area contributed by atoms with Gasteiger partial charge in [-0.3, -0.25) is 14.5 Å². The van der Waals surface area contributed by atoms with Crippen LogP contribution < -0.4 is 0 Å². The van der Waals surface area contributed by atoms with E-state index in [1.807, 2.05) is 42.3 Å². The maximum atomic E-state index is 11.7. The number of likely N-dealkylation sites (tertiary alicyclic amines) is 1. The van der Waals surface area contributed by atoms with Crippen LogP contribution in [0.5, 0.6) is 0 Å². The van der Waals surface area contributed by atoms with Gasteiger partial charge in [0.05, 0.1) is 17.9 Å². The molecule has 5 heteroatoms. The predicted molar refractivity (Wildman–Crippen MR) is 68.8 cm³/mol. The van der Waals surface area contributed by atoms with E-state index in [0.29, 0.717) is 13.0 Å². The Morgan fingerprint density at radius 2 is 1.95 bits per heavy atom. The first-order valence-corrected chi connectivity index (χ1v) is 6.18. The summed E-state index contributed by atoms with van der Waals surface area (Å²) in [6, 6.07) is 8.85. The summed E-state index contributed by atoms with van der Waals surface area (Å²) in [5.41, 5.74) is -0.395. The van der Waals surface area contributed by atoms with Crippen molar-refractivity contribution in [2.45, 2.75) is 18.9 Å². The first-order chi connectivity index (χ1) is 8.97. The van der Waals surface area contributed by atoms with E-state index in [2.05, 4.69) is 0 Å². The second-order valence-corrected chi connectivity index (χ2v) is 5.08. The molecule has 0 unspecified atom stereocenters. The lowest BCUT2D eigenvalue weighted by Crippen LogP contribution is -2.39. The van der Waals surface area contributed by atoms with Crippen LogP contribution in [-0.2, 0) is 9.59 Å². The minimum atomic E-state index is -1.25. The lowest BCUT2D eigenvalue weighted by molar-refractivity contribution is -0.157. The standard InChI is InChI=1S/C14H17NO4/c1-15-8-7-14(13(18)19,9-11(16)17)12(15)10-5-3-2-4-6-10/h2-6,12H,7-9H2,1H3,(H,16,17)(H,18,19)/t12-,14-/m1/s1. The normalized spacial score (nSPS) is 27.3. The summed E-state index contributed by atoms with van der Waals surface area (Å²) in [6.45, 7) is 0.582. The molecule has 0 radical (unpaired) electrons. The van der Waals surface area contributed by atoms with Gasteiger partial charge in [-0.15, -0.1) is 0 Å². The molecule has 0 amide bonds. The molecule has 1 heterocycles. The van der Waals surface area contributed by atoms with E-state index in [9.17, 15) is 14.7 Å². The zero-order chi connectivity index (χ0) is 14.0. The van der Waals surface area contributed by atoms with Gasteiger partial charge < -0.3 is 10.2 Å². The highest BCUT2D eigenvalue weighted by Gasteiger charge is 2.53. The fourth-order valence-corrected chi connectivity index (χ4v) is 3.03. The summed E-state index contributed by atoms with van der Waals surface area (Å²) in [6.07, 6.45) is -0.00305. The van der Waals surface area contributed by atoms with Crippen molar-refractivity contribution in [3.8, 4) is 0 Å². The summed E-state index contributed by atoms with van der Waals surface area (Å²) in [4.78, 5) is 24.7. The van der Waals surface area contributed by atoms with Crippen molar-refractivity contribution >= 4 is 11.9 Å². The van der Waals surface area contributed by atoms with Crippen molar-refractivity contribution in [3.05, 3.63) is 35.9 Å². The molecule has 2 rings (SSSR count). The second-order valence-electron chi connectivity index (χ2n) is 5.08. The van der Waals surface area contributed by atoms with E-state index in [0.717, 1.165) is 5.56 Å². The molecule has 1 fully saturated rings. The number of carboxylic acid groups (broad SMARTS) is 2. The van der Waals surface area contributed by atoms with Gasteiger partial charge in [-0.2, -0.15) is 0 Å². The van der Waals surface area contributed by atoms with Gasteiger partial charge in [0.2, 0.25) is 0 Å². The van der Waals surface area contributed by atoms with E-state index in [1.54, 1.807) is 0 Å². The number of hydrogen-bond acceptors (Lipinski definition) is 3. The largest absolute Gasteiger partial charge is 0.481 e. The van der Waals surface area contributed by atoms with E-state index in [-0.39, 0.29) is 6.42 Å². The third-order valence-corrected chi connectivity index (χ3v) is 3.88. The highest BCUT2D eigenvalue weighted by atomic mass is 16.4. The molecule has 2 atom stereocenters. The molecule has 0 spiro atoms. The molecule has 1 saturated heterocycles. The Labute approximate surface area is 111 Å². The number of nitrogens with zero attached hydrogens (tertiary/aromatic N) is 1. The monoisotopic (exact) mass is 263 g/mol. The van der Waals surface area contributed by atoms with Gasteiger partial charge in [0.25, 0.3) is 0 Å². The molecule has 0 bridgehead atoms. The fourth-order valence-electron chi connectivity index (χ4n) is 3.03. The number of rotatable bonds is 4. The highest BCUT2D eigenvalue weighted by molar-refractivity contribution is 5.83. The van der Waals surface area contributed by atoms with Crippen molar-refractivity contribution in [2.75, 3.05) is 13.6 Å². The van der Waals surface area contributed by atoms with Gasteiger partial charge in [-0.25, -0.2) is 0 Å². The molecule has 5 nitrogen and oxygen atoms in total. The highest BCUT2D eigenvalue weighted by Crippen LogP contribution is 2.49. The van der Waals surface area contributed by atoms with E-state index < -0.39 is 23.4 Å². The summed E-state index contributed by atoms with van der Waals surface area (Å²) < 4.78 is 0. The average molecular weight is 263 g/mol. The van der Waals surface area contributed by atoms with Gasteiger partial charge in [0.15, 0.2) is 0 Å². The number of carbonyl (C=O) groups is 2. The van der Waals surface area contributed by atoms with Gasteiger partial charge in [0, 0.05) is 0 Å². The van der Waals surface area contributed by atoms with Gasteiger partial charge in [0.1, 0.15) is 0 Å². The SMILES string of the molecule is CN1CC[C@](CC(=O)O)(C(=O)O)[C@H]1c1ccccc1. The van der Waals surface area contributed by atoms with Crippen LogP contribution in [0.15, 0.2) is 30.3 Å². The quantitative estimate of drug-likeness (QED) is 0.863. The smallest absolute Gasteiger partial charge is 0.312 e. The molecular formula is C14H17NO4. The average Bonchev–Trinajstić information content (AvgIpc) is 2.68. The van der Waals surface area contributed by atoms with Crippen molar-refractivity contribution < 1.29 is 19.8 Å². The number of benzene rings is 1. The summed E-state index contributed by atoms with van der Waals surface area (Å²) in [7, 11) is 1.84. The molecular weight excluding hydrogens is 246 g/mol. The summed E-state index contributed by atoms with van der Waals surface area (Å²) in [5.74, 6) is -2.10. The van der Waals surface area contributed by atoms with Crippen molar-refractivity contribution in [1.82, 2.24) is 4.90 Å². The zero-order valence-corrected chi connectivity index (χ0v) is 10.7. The Hall–Kier alpha value is -1.88. The Balaban J connectivity index is 2.47. The van der Waals surface area contributed by atoms with Crippen molar-refractivity contribution in [2.24, 2.45) is 5.41 Å². The Kier molecular flexibility index (Phi) is 3.57. The van der Waals surface area contributed by atoms with E-state index in [4.69, 9.17) is 5.11 Å². The van der Waals surface area contributed by atoms with Gasteiger partial charge in [-0.1, -0.05) is 30.3 Å². The van der Waals surface area contributed by atoms with Gasteiger partial charge >= 0.3 is 11.9 Å². The molecule has 2 N–H and O–H groups in total. The Morgan fingerprint density at radius 1 is 1.32 bits per heavy atom. The Morgan fingerprint density at radius 3 is 2.47 bits per heavy atom. The van der Waals surface area contributed by atoms with Crippen LogP contribution in [0.2, 0.25) is 0 Å². The lowest BCUT2D eigenvalue weighted by Gasteiger charge is -2.32. The van der Waals surface area contributed by atoms with Crippen LogP contribution in [0.4, 0.5) is 0 Å².